The molecule has 1 rings (SSSR count). The first-order valence-electron chi connectivity index (χ1n) is 6.47. The Balaban J connectivity index is 2.62. The van der Waals surface area contributed by atoms with Crippen LogP contribution in [-0.2, 0) is 0 Å². The summed E-state index contributed by atoms with van der Waals surface area (Å²) in [6.45, 7) is 7.76. The molecule has 0 aromatic heterocycles. The van der Waals surface area contributed by atoms with Gasteiger partial charge in [-0.05, 0) is 32.5 Å². The van der Waals surface area contributed by atoms with Gasteiger partial charge in [0, 0.05) is 18.6 Å². The van der Waals surface area contributed by atoms with Gasteiger partial charge in [-0.3, -0.25) is 0 Å². The molecular formula is C15H26N2. The molecule has 0 spiro atoms. The maximum Gasteiger partial charge on any atom is 0.0466 e. The maximum atomic E-state index is 3.62. The van der Waals surface area contributed by atoms with E-state index in [2.05, 4.69) is 75.4 Å². The van der Waals surface area contributed by atoms with Crippen LogP contribution in [0.5, 0.6) is 0 Å². The van der Waals surface area contributed by atoms with E-state index in [1.807, 2.05) is 0 Å². The Hall–Kier alpha value is -0.860. The van der Waals surface area contributed by atoms with Gasteiger partial charge in [-0.2, -0.15) is 0 Å². The first-order chi connectivity index (χ1) is 8.02. The van der Waals surface area contributed by atoms with Crippen LogP contribution >= 0.6 is 0 Å². The number of nitrogens with one attached hydrogen (secondary N) is 1. The highest BCUT2D eigenvalue weighted by Gasteiger charge is 2.15. The van der Waals surface area contributed by atoms with Gasteiger partial charge in [0.15, 0.2) is 0 Å². The third kappa shape index (κ3) is 4.49. The summed E-state index contributed by atoms with van der Waals surface area (Å²) in [6.07, 6.45) is 0. The molecule has 0 saturated heterocycles. The lowest BCUT2D eigenvalue weighted by Gasteiger charge is -2.28. The fourth-order valence-electron chi connectivity index (χ4n) is 1.81. The SMILES string of the molecule is CC(C)C(C)NCC(c1ccccc1)N(C)C. The van der Waals surface area contributed by atoms with Gasteiger partial charge in [-0.1, -0.05) is 44.2 Å². The number of rotatable bonds is 6. The molecule has 0 aliphatic heterocycles. The highest BCUT2D eigenvalue weighted by molar-refractivity contribution is 5.19. The number of likely N-dealkylation sites (N-methyl/N-ethyl adjacent to an activating group) is 1. The van der Waals surface area contributed by atoms with Crippen molar-refractivity contribution in [3.63, 3.8) is 0 Å². The van der Waals surface area contributed by atoms with Gasteiger partial charge in [0.2, 0.25) is 0 Å². The Morgan fingerprint density at radius 1 is 1.06 bits per heavy atom. The molecule has 2 unspecified atom stereocenters. The summed E-state index contributed by atoms with van der Waals surface area (Å²) >= 11 is 0. The molecule has 0 radical (unpaired) electrons. The molecule has 1 aromatic carbocycles. The van der Waals surface area contributed by atoms with Crippen molar-refractivity contribution in [1.29, 1.82) is 0 Å². The topological polar surface area (TPSA) is 15.3 Å². The van der Waals surface area contributed by atoms with Crippen LogP contribution in [-0.4, -0.2) is 31.6 Å². The predicted molar refractivity (Wildman–Crippen MR) is 75.2 cm³/mol. The lowest BCUT2D eigenvalue weighted by molar-refractivity contribution is 0.271. The van der Waals surface area contributed by atoms with Crippen LogP contribution in [0.3, 0.4) is 0 Å². The third-order valence-electron chi connectivity index (χ3n) is 3.44. The van der Waals surface area contributed by atoms with Crippen molar-refractivity contribution in [2.75, 3.05) is 20.6 Å². The third-order valence-corrected chi connectivity index (χ3v) is 3.44. The summed E-state index contributed by atoms with van der Waals surface area (Å²) in [4.78, 5) is 2.27. The molecule has 1 N–H and O–H groups in total. The minimum Gasteiger partial charge on any atom is -0.312 e. The van der Waals surface area contributed by atoms with Gasteiger partial charge in [0.25, 0.3) is 0 Å². The van der Waals surface area contributed by atoms with E-state index in [1.54, 1.807) is 0 Å². The smallest absolute Gasteiger partial charge is 0.0466 e. The van der Waals surface area contributed by atoms with Gasteiger partial charge in [-0.25, -0.2) is 0 Å². The zero-order valence-electron chi connectivity index (χ0n) is 11.8. The molecule has 0 bridgehead atoms. The molecule has 0 aliphatic rings. The van der Waals surface area contributed by atoms with E-state index >= 15 is 0 Å². The van der Waals surface area contributed by atoms with Crippen molar-refractivity contribution in [2.45, 2.75) is 32.9 Å². The molecule has 0 amide bonds. The molecule has 17 heavy (non-hydrogen) atoms. The van der Waals surface area contributed by atoms with Crippen molar-refractivity contribution in [1.82, 2.24) is 10.2 Å². The first kappa shape index (κ1) is 14.2. The Bertz CT molecular complexity index is 306. The van der Waals surface area contributed by atoms with Crippen LogP contribution in [0, 0.1) is 5.92 Å². The van der Waals surface area contributed by atoms with Crippen molar-refractivity contribution in [2.24, 2.45) is 5.92 Å². The van der Waals surface area contributed by atoms with Gasteiger partial charge >= 0.3 is 0 Å². The Labute approximate surface area is 106 Å². The van der Waals surface area contributed by atoms with Crippen LogP contribution in [0.1, 0.15) is 32.4 Å². The average Bonchev–Trinajstić information content (AvgIpc) is 2.29. The number of benzene rings is 1. The Kier molecular flexibility index (Phi) is 5.66. The molecular weight excluding hydrogens is 208 g/mol. The zero-order chi connectivity index (χ0) is 12.8. The van der Waals surface area contributed by atoms with Crippen LogP contribution in [0.15, 0.2) is 30.3 Å². The van der Waals surface area contributed by atoms with Gasteiger partial charge < -0.3 is 10.2 Å². The van der Waals surface area contributed by atoms with Crippen molar-refractivity contribution in [3.05, 3.63) is 35.9 Å². The normalized spacial score (nSPS) is 15.2. The second kappa shape index (κ2) is 6.77. The van der Waals surface area contributed by atoms with Gasteiger partial charge in [-0.15, -0.1) is 0 Å². The summed E-state index contributed by atoms with van der Waals surface area (Å²) in [7, 11) is 4.28. The summed E-state index contributed by atoms with van der Waals surface area (Å²) in [5.41, 5.74) is 1.38. The number of nitrogens with zero attached hydrogens (tertiary/aromatic N) is 1. The maximum absolute atomic E-state index is 3.62. The molecule has 2 nitrogen and oxygen atoms in total. The highest BCUT2D eigenvalue weighted by atomic mass is 15.1. The van der Waals surface area contributed by atoms with E-state index in [9.17, 15) is 0 Å². The summed E-state index contributed by atoms with van der Waals surface area (Å²) in [6, 6.07) is 11.7. The van der Waals surface area contributed by atoms with Crippen molar-refractivity contribution in [3.8, 4) is 0 Å². The zero-order valence-corrected chi connectivity index (χ0v) is 11.8. The molecule has 2 heteroatoms. The molecule has 1 aromatic rings. The second-order valence-corrected chi connectivity index (χ2v) is 5.33. The molecule has 0 fully saturated rings. The molecule has 96 valence electrons. The van der Waals surface area contributed by atoms with Crippen LogP contribution < -0.4 is 5.32 Å². The minimum atomic E-state index is 0.442. The fraction of sp³-hybridized carbons (Fsp3) is 0.600. The Morgan fingerprint density at radius 2 is 1.65 bits per heavy atom. The number of hydrogen-bond donors (Lipinski definition) is 1. The second-order valence-electron chi connectivity index (χ2n) is 5.33. The van der Waals surface area contributed by atoms with E-state index in [1.165, 1.54) is 5.56 Å². The van der Waals surface area contributed by atoms with Crippen molar-refractivity contribution < 1.29 is 0 Å². The van der Waals surface area contributed by atoms with E-state index in [0.717, 1.165) is 6.54 Å². The molecule has 0 heterocycles. The fourth-order valence-corrected chi connectivity index (χ4v) is 1.81. The lowest BCUT2D eigenvalue weighted by Crippen LogP contribution is -2.38. The van der Waals surface area contributed by atoms with Crippen LogP contribution in [0.4, 0.5) is 0 Å². The summed E-state index contributed by atoms with van der Waals surface area (Å²) < 4.78 is 0. The number of hydrogen-bond acceptors (Lipinski definition) is 2. The summed E-state index contributed by atoms with van der Waals surface area (Å²) in [5.74, 6) is 0.675. The molecule has 0 saturated carbocycles. The van der Waals surface area contributed by atoms with Crippen LogP contribution in [0.2, 0.25) is 0 Å². The van der Waals surface area contributed by atoms with Crippen molar-refractivity contribution >= 4 is 0 Å². The van der Waals surface area contributed by atoms with Gasteiger partial charge in [0.1, 0.15) is 0 Å². The predicted octanol–water partition coefficient (Wildman–Crippen LogP) is 2.92. The monoisotopic (exact) mass is 234 g/mol. The van der Waals surface area contributed by atoms with E-state index in [0.29, 0.717) is 18.0 Å². The Morgan fingerprint density at radius 3 is 2.12 bits per heavy atom. The van der Waals surface area contributed by atoms with E-state index in [4.69, 9.17) is 0 Å². The highest BCUT2D eigenvalue weighted by Crippen LogP contribution is 2.17. The summed E-state index contributed by atoms with van der Waals surface area (Å²) in [5, 5.41) is 3.62. The minimum absolute atomic E-state index is 0.442. The largest absolute Gasteiger partial charge is 0.312 e. The first-order valence-corrected chi connectivity index (χ1v) is 6.47. The van der Waals surface area contributed by atoms with E-state index < -0.39 is 0 Å². The quantitative estimate of drug-likeness (QED) is 0.814. The lowest BCUT2D eigenvalue weighted by atomic mass is 10.0. The average molecular weight is 234 g/mol. The van der Waals surface area contributed by atoms with Crippen LogP contribution in [0.25, 0.3) is 0 Å². The van der Waals surface area contributed by atoms with Gasteiger partial charge in [0.05, 0.1) is 0 Å². The molecule has 0 aliphatic carbocycles. The standard InChI is InChI=1S/C15H26N2/c1-12(2)13(3)16-11-15(17(4)5)14-9-7-6-8-10-14/h6-10,12-13,15-16H,11H2,1-5H3. The van der Waals surface area contributed by atoms with E-state index in [-0.39, 0.29) is 0 Å². The molecule has 2 atom stereocenters.